The number of amides is 1. The highest BCUT2D eigenvalue weighted by Crippen LogP contribution is 2.25. The summed E-state index contributed by atoms with van der Waals surface area (Å²) in [5, 5.41) is 23.1. The summed E-state index contributed by atoms with van der Waals surface area (Å²) in [4.78, 5) is 11.9. The van der Waals surface area contributed by atoms with E-state index in [9.17, 15) is 15.0 Å². The van der Waals surface area contributed by atoms with Crippen LogP contribution in [-0.2, 0) is 0 Å². The molecule has 0 heterocycles. The lowest BCUT2D eigenvalue weighted by Crippen LogP contribution is -2.17. The number of hydrogen-bond donors (Lipinski definition) is 3. The van der Waals surface area contributed by atoms with Crippen molar-refractivity contribution in [3.05, 3.63) is 52.0 Å². The minimum atomic E-state index is -0.548. The number of benzene rings is 2. The molecule has 0 aliphatic rings. The Labute approximate surface area is 135 Å². The van der Waals surface area contributed by atoms with Gasteiger partial charge < -0.3 is 14.9 Å². The van der Waals surface area contributed by atoms with Crippen LogP contribution < -0.4 is 10.2 Å². The van der Waals surface area contributed by atoms with Gasteiger partial charge >= 0.3 is 0 Å². The number of nitrogens with one attached hydrogen (secondary N) is 1. The number of rotatable bonds is 4. The summed E-state index contributed by atoms with van der Waals surface area (Å²) in [5.41, 5.74) is 2.98. The topological polar surface area (TPSA) is 91.2 Å². The van der Waals surface area contributed by atoms with Crippen LogP contribution in [-0.4, -0.2) is 29.4 Å². The van der Waals surface area contributed by atoms with Gasteiger partial charge in [-0.25, -0.2) is 5.43 Å². The number of phenolic OH excluding ortho intramolecular Hbond substituents is 2. The number of halogens is 1. The highest BCUT2D eigenvalue weighted by atomic mass is 79.9. The first kappa shape index (κ1) is 15.8. The summed E-state index contributed by atoms with van der Waals surface area (Å²) in [6, 6.07) is 9.22. The second-order valence-corrected chi connectivity index (χ2v) is 5.21. The van der Waals surface area contributed by atoms with Gasteiger partial charge in [-0.3, -0.25) is 4.79 Å². The molecule has 114 valence electrons. The predicted octanol–water partition coefficient (Wildman–Crippen LogP) is 2.63. The van der Waals surface area contributed by atoms with Crippen LogP contribution >= 0.6 is 15.9 Å². The van der Waals surface area contributed by atoms with Gasteiger partial charge in [0.2, 0.25) is 0 Å². The normalized spacial score (nSPS) is 10.6. The van der Waals surface area contributed by atoms with E-state index >= 15 is 0 Å². The lowest BCUT2D eigenvalue weighted by atomic mass is 10.2. The van der Waals surface area contributed by atoms with Crippen molar-refractivity contribution in [2.24, 2.45) is 5.10 Å². The maximum absolute atomic E-state index is 11.9. The number of hydrazone groups is 1. The van der Waals surface area contributed by atoms with E-state index in [4.69, 9.17) is 4.74 Å². The van der Waals surface area contributed by atoms with Crippen molar-refractivity contribution in [2.75, 3.05) is 7.11 Å². The smallest absolute Gasteiger partial charge is 0.275 e. The van der Waals surface area contributed by atoms with Crippen molar-refractivity contribution in [2.45, 2.75) is 0 Å². The van der Waals surface area contributed by atoms with Crippen LogP contribution in [0, 0.1) is 0 Å². The van der Waals surface area contributed by atoms with Gasteiger partial charge in [-0.05, 0) is 42.0 Å². The van der Waals surface area contributed by atoms with Gasteiger partial charge in [0.1, 0.15) is 5.75 Å². The van der Waals surface area contributed by atoms with Gasteiger partial charge in [0.05, 0.1) is 18.9 Å². The van der Waals surface area contributed by atoms with Crippen molar-refractivity contribution in [3.63, 3.8) is 0 Å². The zero-order valence-corrected chi connectivity index (χ0v) is 13.2. The largest absolute Gasteiger partial charge is 0.507 e. The van der Waals surface area contributed by atoms with Gasteiger partial charge in [-0.2, -0.15) is 5.10 Å². The third-order valence-electron chi connectivity index (χ3n) is 2.79. The molecule has 0 aromatic heterocycles. The molecular formula is C15H13BrN2O4. The highest BCUT2D eigenvalue weighted by Gasteiger charge is 2.10. The molecule has 0 fully saturated rings. The second kappa shape index (κ2) is 6.95. The van der Waals surface area contributed by atoms with Gasteiger partial charge in [0, 0.05) is 4.47 Å². The molecule has 7 heteroatoms. The molecule has 0 unspecified atom stereocenters. The predicted molar refractivity (Wildman–Crippen MR) is 85.5 cm³/mol. The molecule has 0 atom stereocenters. The van der Waals surface area contributed by atoms with Crippen molar-refractivity contribution >= 4 is 28.1 Å². The Morgan fingerprint density at radius 2 is 2.00 bits per heavy atom. The first-order valence-corrected chi connectivity index (χ1v) is 6.99. The summed E-state index contributed by atoms with van der Waals surface area (Å²) in [6.45, 7) is 0. The molecule has 0 spiro atoms. The average Bonchev–Trinajstić information content (AvgIpc) is 2.49. The van der Waals surface area contributed by atoms with Crippen molar-refractivity contribution in [1.29, 1.82) is 0 Å². The van der Waals surface area contributed by atoms with E-state index in [0.29, 0.717) is 15.8 Å². The summed E-state index contributed by atoms with van der Waals surface area (Å²) in [6.07, 6.45) is 1.37. The van der Waals surface area contributed by atoms with E-state index in [2.05, 4.69) is 26.5 Å². The van der Waals surface area contributed by atoms with E-state index in [0.717, 1.165) is 0 Å². The van der Waals surface area contributed by atoms with Gasteiger partial charge in [0.15, 0.2) is 11.5 Å². The summed E-state index contributed by atoms with van der Waals surface area (Å²) < 4.78 is 5.59. The molecule has 2 aromatic carbocycles. The summed E-state index contributed by atoms with van der Waals surface area (Å²) in [7, 11) is 1.45. The maximum atomic E-state index is 11.9. The number of nitrogens with zero attached hydrogens (tertiary/aromatic N) is 1. The Hall–Kier alpha value is -2.54. The molecule has 0 saturated carbocycles. The third-order valence-corrected chi connectivity index (χ3v) is 3.28. The standard InChI is InChI=1S/C15H13BrN2O4/c1-22-14-5-2-9(6-13(14)20)8-17-18-15(21)11-7-10(16)3-4-12(11)19/h2-8,19-20H,1H3,(H,18,21)/b17-8+. The fraction of sp³-hybridized carbons (Fsp3) is 0.0667. The average molecular weight is 365 g/mol. The lowest BCUT2D eigenvalue weighted by Gasteiger charge is -2.04. The zero-order valence-electron chi connectivity index (χ0n) is 11.6. The SMILES string of the molecule is COc1ccc(/C=N/NC(=O)c2cc(Br)ccc2O)cc1O. The maximum Gasteiger partial charge on any atom is 0.275 e. The number of phenols is 2. The van der Waals surface area contributed by atoms with Gasteiger partial charge in [0.25, 0.3) is 5.91 Å². The van der Waals surface area contributed by atoms with Gasteiger partial charge in [-0.1, -0.05) is 15.9 Å². The number of ether oxygens (including phenoxy) is 1. The Morgan fingerprint density at radius 1 is 1.23 bits per heavy atom. The number of aromatic hydroxyl groups is 2. The van der Waals surface area contributed by atoms with E-state index in [1.54, 1.807) is 18.2 Å². The second-order valence-electron chi connectivity index (χ2n) is 4.29. The molecule has 1 amide bonds. The molecule has 0 aliphatic heterocycles. The molecule has 0 saturated heterocycles. The highest BCUT2D eigenvalue weighted by molar-refractivity contribution is 9.10. The zero-order chi connectivity index (χ0) is 16.1. The Kier molecular flexibility index (Phi) is 5.00. The molecule has 0 radical (unpaired) electrons. The van der Waals surface area contributed by atoms with E-state index in [1.165, 1.54) is 31.5 Å². The summed E-state index contributed by atoms with van der Waals surface area (Å²) >= 11 is 3.22. The Balaban J connectivity index is 2.07. The number of methoxy groups -OCH3 is 1. The number of carbonyl (C=O) groups is 1. The molecule has 0 aliphatic carbocycles. The lowest BCUT2D eigenvalue weighted by molar-refractivity contribution is 0.0952. The molecule has 2 rings (SSSR count). The molecule has 3 N–H and O–H groups in total. The first-order chi connectivity index (χ1) is 10.5. The quantitative estimate of drug-likeness (QED) is 0.574. The molecule has 2 aromatic rings. The molecule has 0 bridgehead atoms. The van der Waals surface area contributed by atoms with Crippen molar-refractivity contribution in [3.8, 4) is 17.2 Å². The Morgan fingerprint density at radius 3 is 2.68 bits per heavy atom. The van der Waals surface area contributed by atoms with E-state index in [1.807, 2.05) is 0 Å². The van der Waals surface area contributed by atoms with Crippen LogP contribution in [0.25, 0.3) is 0 Å². The number of carbonyl (C=O) groups excluding carboxylic acids is 1. The fourth-order valence-corrected chi connectivity index (χ4v) is 2.06. The number of hydrogen-bond acceptors (Lipinski definition) is 5. The van der Waals surface area contributed by atoms with E-state index in [-0.39, 0.29) is 17.1 Å². The fourth-order valence-electron chi connectivity index (χ4n) is 1.70. The Bertz CT molecular complexity index is 731. The first-order valence-electron chi connectivity index (χ1n) is 6.20. The minimum Gasteiger partial charge on any atom is -0.507 e. The van der Waals surface area contributed by atoms with Crippen LogP contribution in [0.3, 0.4) is 0 Å². The van der Waals surface area contributed by atoms with Crippen LogP contribution in [0.1, 0.15) is 15.9 Å². The molecule has 6 nitrogen and oxygen atoms in total. The molecular weight excluding hydrogens is 352 g/mol. The van der Waals surface area contributed by atoms with Crippen LogP contribution in [0.4, 0.5) is 0 Å². The van der Waals surface area contributed by atoms with Crippen LogP contribution in [0.5, 0.6) is 17.2 Å². The van der Waals surface area contributed by atoms with Crippen molar-refractivity contribution in [1.82, 2.24) is 5.43 Å². The molecule has 22 heavy (non-hydrogen) atoms. The monoisotopic (exact) mass is 364 g/mol. The summed E-state index contributed by atoms with van der Waals surface area (Å²) in [5.74, 6) is -0.367. The van der Waals surface area contributed by atoms with Crippen molar-refractivity contribution < 1.29 is 19.7 Å². The minimum absolute atomic E-state index is 0.0255. The van der Waals surface area contributed by atoms with E-state index < -0.39 is 5.91 Å². The van der Waals surface area contributed by atoms with Crippen LogP contribution in [0.15, 0.2) is 46.0 Å². The van der Waals surface area contributed by atoms with Gasteiger partial charge in [-0.15, -0.1) is 0 Å². The third kappa shape index (κ3) is 3.76. The van der Waals surface area contributed by atoms with Crippen LogP contribution in [0.2, 0.25) is 0 Å².